The second kappa shape index (κ2) is 10.1. The Balaban J connectivity index is 1.51. The number of hydrogen-bond acceptors (Lipinski definition) is 7. The smallest absolute Gasteiger partial charge is 0.230 e. The number of carbonyl (C=O) groups excluding carboxylic acids is 1. The van der Waals surface area contributed by atoms with Crippen LogP contribution in [0.15, 0.2) is 40.5 Å². The Morgan fingerprint density at radius 1 is 1.31 bits per heavy atom. The van der Waals surface area contributed by atoms with Crippen molar-refractivity contribution in [2.45, 2.75) is 68.5 Å². The molecule has 0 saturated heterocycles. The molecule has 4 rings (SSSR count). The maximum atomic E-state index is 12.7. The van der Waals surface area contributed by atoms with E-state index in [-0.39, 0.29) is 17.6 Å². The molecule has 0 spiro atoms. The molecule has 1 N–H and O–H groups in total. The normalized spacial score (nSPS) is 19.0. The standard InChI is InChI=1S/C24H29N3O2S3/c1-5-24(3)12-17-18(13-29-24)32-22-20(17)21(26-23(27-22)30-4)31-14-19(28)25-15(2)11-16-9-7-6-8-10-16/h6-10,15H,5,11-14H2,1-4H3,(H,25,28)/t15-,24-/m1/s1. The Bertz CT molecular complexity index is 1100. The van der Waals surface area contributed by atoms with Crippen LogP contribution in [0.3, 0.4) is 0 Å². The summed E-state index contributed by atoms with van der Waals surface area (Å²) in [5.41, 5.74) is 2.36. The Kier molecular flexibility index (Phi) is 7.44. The highest BCUT2D eigenvalue weighted by Gasteiger charge is 2.33. The van der Waals surface area contributed by atoms with Gasteiger partial charge in [0.15, 0.2) is 5.16 Å². The lowest BCUT2D eigenvalue weighted by Crippen LogP contribution is -2.35. The van der Waals surface area contributed by atoms with E-state index in [4.69, 9.17) is 14.7 Å². The Hall–Kier alpha value is -1.61. The molecule has 3 heterocycles. The van der Waals surface area contributed by atoms with Crippen LogP contribution in [0.2, 0.25) is 0 Å². The molecular weight excluding hydrogens is 458 g/mol. The Morgan fingerprint density at radius 3 is 2.81 bits per heavy atom. The number of amides is 1. The molecule has 1 aliphatic heterocycles. The fourth-order valence-electron chi connectivity index (χ4n) is 3.91. The van der Waals surface area contributed by atoms with Gasteiger partial charge in [0.05, 0.1) is 18.0 Å². The van der Waals surface area contributed by atoms with Gasteiger partial charge in [0.25, 0.3) is 0 Å². The number of thioether (sulfide) groups is 2. The van der Waals surface area contributed by atoms with Gasteiger partial charge in [0, 0.05) is 22.7 Å². The van der Waals surface area contributed by atoms with Crippen molar-refractivity contribution in [3.63, 3.8) is 0 Å². The molecule has 0 bridgehead atoms. The van der Waals surface area contributed by atoms with Crippen molar-refractivity contribution in [2.24, 2.45) is 0 Å². The molecule has 1 amide bonds. The number of rotatable bonds is 8. The number of nitrogens with zero attached hydrogens (tertiary/aromatic N) is 2. The zero-order valence-corrected chi connectivity index (χ0v) is 21.4. The van der Waals surface area contributed by atoms with Crippen molar-refractivity contribution in [1.29, 1.82) is 0 Å². The van der Waals surface area contributed by atoms with E-state index >= 15 is 0 Å². The van der Waals surface area contributed by atoms with Gasteiger partial charge in [-0.2, -0.15) is 0 Å². The van der Waals surface area contributed by atoms with E-state index in [0.29, 0.717) is 12.4 Å². The Morgan fingerprint density at radius 2 is 2.09 bits per heavy atom. The number of aromatic nitrogens is 2. The number of carbonyl (C=O) groups is 1. The highest BCUT2D eigenvalue weighted by Crippen LogP contribution is 2.43. The topological polar surface area (TPSA) is 64.1 Å². The molecule has 5 nitrogen and oxygen atoms in total. The van der Waals surface area contributed by atoms with Crippen molar-refractivity contribution >= 4 is 51.0 Å². The van der Waals surface area contributed by atoms with Gasteiger partial charge in [-0.1, -0.05) is 60.8 Å². The average Bonchev–Trinajstić information content (AvgIpc) is 3.15. The molecule has 0 fully saturated rings. The predicted octanol–water partition coefficient (Wildman–Crippen LogP) is 5.49. The zero-order chi connectivity index (χ0) is 22.7. The zero-order valence-electron chi connectivity index (χ0n) is 18.9. The van der Waals surface area contributed by atoms with E-state index in [2.05, 4.69) is 31.3 Å². The summed E-state index contributed by atoms with van der Waals surface area (Å²) < 4.78 is 6.14. The van der Waals surface area contributed by atoms with Crippen molar-refractivity contribution in [2.75, 3.05) is 12.0 Å². The second-order valence-corrected chi connectivity index (χ2v) is 11.2. The SMILES string of the molecule is CC[C@]1(C)Cc2c(sc3nc(SC)nc(SCC(=O)N[C@H](C)Cc4ccccc4)c23)CO1. The average molecular weight is 488 g/mol. The van der Waals surface area contributed by atoms with E-state index in [1.54, 1.807) is 11.3 Å². The van der Waals surface area contributed by atoms with Gasteiger partial charge < -0.3 is 10.1 Å². The molecule has 0 aliphatic carbocycles. The first-order valence-corrected chi connectivity index (χ1v) is 13.9. The van der Waals surface area contributed by atoms with Gasteiger partial charge in [-0.05, 0) is 44.1 Å². The van der Waals surface area contributed by atoms with Crippen molar-refractivity contribution in [1.82, 2.24) is 15.3 Å². The van der Waals surface area contributed by atoms with Crippen molar-refractivity contribution < 1.29 is 9.53 Å². The molecule has 0 saturated carbocycles. The lowest BCUT2D eigenvalue weighted by molar-refractivity contribution is -0.119. The van der Waals surface area contributed by atoms with E-state index in [0.717, 1.165) is 39.7 Å². The Labute approximate surface area is 202 Å². The van der Waals surface area contributed by atoms with Crippen LogP contribution in [0.25, 0.3) is 10.2 Å². The fraction of sp³-hybridized carbons (Fsp3) is 0.458. The molecular formula is C24H29N3O2S3. The highest BCUT2D eigenvalue weighted by atomic mass is 32.2. The van der Waals surface area contributed by atoms with Crippen LogP contribution < -0.4 is 5.32 Å². The molecule has 170 valence electrons. The molecule has 2 atom stereocenters. The first-order valence-electron chi connectivity index (χ1n) is 10.9. The minimum atomic E-state index is -0.161. The molecule has 1 aliphatic rings. The summed E-state index contributed by atoms with van der Waals surface area (Å²) in [7, 11) is 0. The summed E-state index contributed by atoms with van der Waals surface area (Å²) in [6.07, 6.45) is 4.62. The van der Waals surface area contributed by atoms with Crippen LogP contribution in [0.1, 0.15) is 43.2 Å². The molecule has 0 radical (unpaired) electrons. The molecule has 32 heavy (non-hydrogen) atoms. The van der Waals surface area contributed by atoms with Crippen LogP contribution >= 0.6 is 34.9 Å². The van der Waals surface area contributed by atoms with Crippen LogP contribution in [0.5, 0.6) is 0 Å². The fourth-order valence-corrected chi connectivity index (χ4v) is 6.43. The number of hydrogen-bond donors (Lipinski definition) is 1. The highest BCUT2D eigenvalue weighted by molar-refractivity contribution is 8.00. The number of benzene rings is 1. The summed E-state index contributed by atoms with van der Waals surface area (Å²) in [5, 5.41) is 5.89. The van der Waals surface area contributed by atoms with Gasteiger partial charge in [0.2, 0.25) is 5.91 Å². The van der Waals surface area contributed by atoms with Crippen LogP contribution in [0, 0.1) is 0 Å². The third-order valence-electron chi connectivity index (χ3n) is 5.85. The van der Waals surface area contributed by atoms with Crippen LogP contribution in [-0.4, -0.2) is 39.5 Å². The summed E-state index contributed by atoms with van der Waals surface area (Å²) in [6, 6.07) is 10.3. The molecule has 8 heteroatoms. The maximum Gasteiger partial charge on any atom is 0.230 e. The summed E-state index contributed by atoms with van der Waals surface area (Å²) in [4.78, 5) is 24.5. The van der Waals surface area contributed by atoms with E-state index in [1.165, 1.54) is 39.5 Å². The third kappa shape index (κ3) is 5.30. The van der Waals surface area contributed by atoms with Crippen molar-refractivity contribution in [3.8, 4) is 0 Å². The maximum absolute atomic E-state index is 12.7. The summed E-state index contributed by atoms with van der Waals surface area (Å²) in [6.45, 7) is 7.01. The quantitative estimate of drug-likeness (QED) is 0.257. The number of thiophene rings is 1. The lowest BCUT2D eigenvalue weighted by atomic mass is 9.90. The minimum absolute atomic E-state index is 0.0294. The van der Waals surface area contributed by atoms with Crippen molar-refractivity contribution in [3.05, 3.63) is 46.3 Å². The first kappa shape index (κ1) is 23.5. The molecule has 0 unspecified atom stereocenters. The van der Waals surface area contributed by atoms with Crippen LogP contribution in [0.4, 0.5) is 0 Å². The largest absolute Gasteiger partial charge is 0.369 e. The van der Waals surface area contributed by atoms with Crippen LogP contribution in [-0.2, 0) is 29.0 Å². The summed E-state index contributed by atoms with van der Waals surface area (Å²) in [5.74, 6) is 0.368. The van der Waals surface area contributed by atoms with E-state index < -0.39 is 0 Å². The van der Waals surface area contributed by atoms with E-state index in [1.807, 2.05) is 31.4 Å². The summed E-state index contributed by atoms with van der Waals surface area (Å²) >= 11 is 4.74. The number of ether oxygens (including phenoxy) is 1. The molecule has 2 aromatic heterocycles. The first-order chi connectivity index (χ1) is 15.4. The van der Waals surface area contributed by atoms with Gasteiger partial charge >= 0.3 is 0 Å². The number of fused-ring (bicyclic) bond motifs is 3. The van der Waals surface area contributed by atoms with Gasteiger partial charge in [-0.25, -0.2) is 9.97 Å². The molecule has 3 aromatic rings. The second-order valence-electron chi connectivity index (χ2n) is 8.42. The minimum Gasteiger partial charge on any atom is -0.369 e. The third-order valence-corrected chi connectivity index (χ3v) is 8.47. The van der Waals surface area contributed by atoms with Gasteiger partial charge in [-0.3, -0.25) is 4.79 Å². The number of nitrogens with one attached hydrogen (secondary N) is 1. The monoisotopic (exact) mass is 487 g/mol. The molecule has 1 aromatic carbocycles. The van der Waals surface area contributed by atoms with Gasteiger partial charge in [-0.15, -0.1) is 11.3 Å². The van der Waals surface area contributed by atoms with Gasteiger partial charge in [0.1, 0.15) is 9.86 Å². The van der Waals surface area contributed by atoms with E-state index in [9.17, 15) is 4.79 Å². The predicted molar refractivity (Wildman–Crippen MR) is 135 cm³/mol. The lowest BCUT2D eigenvalue weighted by Gasteiger charge is -2.33.